The molecule has 0 aliphatic carbocycles. The van der Waals surface area contributed by atoms with Crippen LogP contribution in [-0.4, -0.2) is 50.4 Å². The predicted octanol–water partition coefficient (Wildman–Crippen LogP) is 2.51. The number of aryl methyl sites for hydroxylation is 1. The van der Waals surface area contributed by atoms with E-state index in [0.29, 0.717) is 16.8 Å². The number of benzene rings is 1. The zero-order valence-corrected chi connectivity index (χ0v) is 19.1. The third-order valence-corrected chi connectivity index (χ3v) is 5.54. The first-order valence-electron chi connectivity index (χ1n) is 9.88. The monoisotopic (exact) mass is 462 g/mol. The van der Waals surface area contributed by atoms with E-state index in [1.165, 1.54) is 13.0 Å². The Morgan fingerprint density at radius 3 is 2.44 bits per heavy atom. The van der Waals surface area contributed by atoms with Crippen molar-refractivity contribution < 1.29 is 32.3 Å². The number of aromatic nitrogens is 1. The summed E-state index contributed by atoms with van der Waals surface area (Å²) in [6, 6.07) is 8.78. The zero-order valence-electron chi connectivity index (χ0n) is 18.3. The topological polar surface area (TPSA) is 132 Å². The number of nitrogens with one attached hydrogen (secondary N) is 2. The molecule has 0 bridgehead atoms. The second-order valence-electron chi connectivity index (χ2n) is 6.92. The van der Waals surface area contributed by atoms with E-state index in [9.17, 15) is 22.8 Å². The predicted molar refractivity (Wildman–Crippen MR) is 119 cm³/mol. The fraction of sp³-hybridized carbons (Fsp3) is 0.318. The summed E-state index contributed by atoms with van der Waals surface area (Å²) in [7, 11) is -3.88. The van der Waals surface area contributed by atoms with Crippen LogP contribution in [0.3, 0.4) is 0 Å². The van der Waals surface area contributed by atoms with Crippen molar-refractivity contribution in [3.05, 3.63) is 63.8 Å². The molecule has 172 valence electrons. The van der Waals surface area contributed by atoms with Crippen molar-refractivity contribution in [1.29, 1.82) is 0 Å². The third kappa shape index (κ3) is 6.63. The number of hydrogen-bond acceptors (Lipinski definition) is 7. The van der Waals surface area contributed by atoms with Crippen LogP contribution in [-0.2, 0) is 24.3 Å². The number of ketones is 1. The molecule has 0 spiro atoms. The molecule has 1 unspecified atom stereocenters. The molecule has 1 atom stereocenters. The van der Waals surface area contributed by atoms with Gasteiger partial charge in [0.15, 0.2) is 6.10 Å². The molecular weight excluding hydrogens is 436 g/mol. The van der Waals surface area contributed by atoms with Gasteiger partial charge in [0.1, 0.15) is 6.54 Å². The smallest absolute Gasteiger partial charge is 0.340 e. The molecule has 2 N–H and O–H groups in total. The van der Waals surface area contributed by atoms with Gasteiger partial charge in [-0.15, -0.1) is 0 Å². The lowest BCUT2D eigenvalue weighted by atomic mass is 10.1. The van der Waals surface area contributed by atoms with Gasteiger partial charge in [-0.2, -0.15) is 0 Å². The van der Waals surface area contributed by atoms with Crippen LogP contribution in [0.5, 0.6) is 0 Å². The lowest BCUT2D eigenvalue weighted by Gasteiger charge is -2.12. The Labute approximate surface area is 186 Å². The van der Waals surface area contributed by atoms with E-state index in [4.69, 9.17) is 9.47 Å². The van der Waals surface area contributed by atoms with Crippen molar-refractivity contribution in [2.45, 2.75) is 33.8 Å². The molecule has 9 nitrogen and oxygen atoms in total. The summed E-state index contributed by atoms with van der Waals surface area (Å²) in [5.41, 5.74) is 1.91. The van der Waals surface area contributed by atoms with Gasteiger partial charge in [-0.25, -0.2) is 17.9 Å². The minimum absolute atomic E-state index is 0.122. The van der Waals surface area contributed by atoms with E-state index in [1.54, 1.807) is 51.1 Å². The maximum absolute atomic E-state index is 12.7. The van der Waals surface area contributed by atoms with Crippen molar-refractivity contribution in [3.8, 4) is 0 Å². The Balaban J connectivity index is 1.97. The molecule has 1 heterocycles. The first-order valence-corrected chi connectivity index (χ1v) is 11.4. The van der Waals surface area contributed by atoms with Crippen LogP contribution in [0.15, 0.2) is 35.7 Å². The number of Topliss-reactive ketones (excluding diaryl/α,β-unsaturated/α-hetero) is 1. The molecule has 1 aromatic heterocycles. The fourth-order valence-electron chi connectivity index (χ4n) is 2.94. The summed E-state index contributed by atoms with van der Waals surface area (Å²) in [6.07, 6.45) is 0.191. The average Bonchev–Trinajstić information content (AvgIpc) is 3.05. The van der Waals surface area contributed by atoms with Gasteiger partial charge in [0.2, 0.25) is 15.8 Å². The lowest BCUT2D eigenvalue weighted by Crippen LogP contribution is -2.33. The number of aromatic amines is 1. The number of hydrogen-bond donors (Lipinski definition) is 2. The average molecular weight is 463 g/mol. The normalized spacial score (nSPS) is 12.5. The number of ether oxygens (including phenoxy) is 2. The number of carbonyl (C=O) groups is 3. The maximum Gasteiger partial charge on any atom is 0.340 e. The number of H-pyrrole nitrogens is 1. The van der Waals surface area contributed by atoms with Crippen molar-refractivity contribution in [2.24, 2.45) is 0 Å². The van der Waals surface area contributed by atoms with E-state index < -0.39 is 40.4 Å². The molecule has 0 fully saturated rings. The minimum atomic E-state index is -3.88. The molecule has 1 aromatic carbocycles. The molecule has 0 amide bonds. The van der Waals surface area contributed by atoms with Gasteiger partial charge in [-0.1, -0.05) is 30.3 Å². The zero-order chi connectivity index (χ0) is 23.9. The molecule has 0 aliphatic heterocycles. The molecule has 0 saturated carbocycles. The standard InChI is InChI=1S/C22H26N2O7S/c1-5-30-22(27)19-14(2)20(24-15(19)3)21(26)16(4)31-18(25)13-23-32(28,29)12-11-17-9-7-6-8-10-17/h6-12,16,23-24H,5,13H2,1-4H3/b12-11+. The number of sulfonamides is 1. The number of carbonyl (C=O) groups excluding carboxylic acids is 3. The number of rotatable bonds is 10. The quantitative estimate of drug-likeness (QED) is 0.410. The van der Waals surface area contributed by atoms with Crippen LogP contribution in [0, 0.1) is 13.8 Å². The second kappa shape index (κ2) is 10.9. The molecule has 2 rings (SSSR count). The van der Waals surface area contributed by atoms with Crippen LogP contribution in [0.1, 0.15) is 51.5 Å². The Morgan fingerprint density at radius 2 is 1.81 bits per heavy atom. The van der Waals surface area contributed by atoms with Crippen molar-refractivity contribution in [1.82, 2.24) is 9.71 Å². The lowest BCUT2D eigenvalue weighted by molar-refractivity contribution is -0.144. The molecule has 0 saturated heterocycles. The van der Waals surface area contributed by atoms with Gasteiger partial charge in [-0.05, 0) is 44.9 Å². The van der Waals surface area contributed by atoms with Gasteiger partial charge in [0.05, 0.1) is 17.9 Å². The molecule has 32 heavy (non-hydrogen) atoms. The van der Waals surface area contributed by atoms with Crippen LogP contribution in [0.4, 0.5) is 0 Å². The summed E-state index contributed by atoms with van der Waals surface area (Å²) in [6.45, 7) is 5.81. The Kier molecular flexibility index (Phi) is 8.50. The van der Waals surface area contributed by atoms with Crippen molar-refractivity contribution in [3.63, 3.8) is 0 Å². The number of esters is 2. The summed E-state index contributed by atoms with van der Waals surface area (Å²) >= 11 is 0. The summed E-state index contributed by atoms with van der Waals surface area (Å²) < 4.78 is 36.2. The molecule has 0 radical (unpaired) electrons. The van der Waals surface area contributed by atoms with Gasteiger partial charge in [-0.3, -0.25) is 9.59 Å². The molecule has 0 aliphatic rings. The van der Waals surface area contributed by atoms with E-state index in [1.807, 2.05) is 0 Å². The van der Waals surface area contributed by atoms with Gasteiger partial charge in [0, 0.05) is 11.1 Å². The highest BCUT2D eigenvalue weighted by Crippen LogP contribution is 2.21. The van der Waals surface area contributed by atoms with Crippen molar-refractivity contribution in [2.75, 3.05) is 13.2 Å². The highest BCUT2D eigenvalue weighted by Gasteiger charge is 2.27. The van der Waals surface area contributed by atoms with Crippen LogP contribution < -0.4 is 4.72 Å². The van der Waals surface area contributed by atoms with E-state index >= 15 is 0 Å². The fourth-order valence-corrected chi connectivity index (χ4v) is 3.69. The van der Waals surface area contributed by atoms with Gasteiger partial charge >= 0.3 is 11.9 Å². The highest BCUT2D eigenvalue weighted by molar-refractivity contribution is 7.92. The highest BCUT2D eigenvalue weighted by atomic mass is 32.2. The maximum atomic E-state index is 12.7. The second-order valence-corrected chi connectivity index (χ2v) is 8.57. The van der Waals surface area contributed by atoms with Crippen molar-refractivity contribution >= 4 is 33.8 Å². The van der Waals surface area contributed by atoms with Crippen LogP contribution >= 0.6 is 0 Å². The van der Waals surface area contributed by atoms with E-state index in [2.05, 4.69) is 9.71 Å². The van der Waals surface area contributed by atoms with Gasteiger partial charge < -0.3 is 14.5 Å². The molecule has 10 heteroatoms. The van der Waals surface area contributed by atoms with Crippen LogP contribution in [0.2, 0.25) is 0 Å². The minimum Gasteiger partial charge on any atom is -0.462 e. The molecular formula is C22H26N2O7S. The van der Waals surface area contributed by atoms with E-state index in [-0.39, 0.29) is 17.9 Å². The molecule has 2 aromatic rings. The summed E-state index contributed by atoms with van der Waals surface area (Å²) in [5.74, 6) is -2.03. The third-order valence-electron chi connectivity index (χ3n) is 4.50. The summed E-state index contributed by atoms with van der Waals surface area (Å²) in [5, 5.41) is 0.937. The van der Waals surface area contributed by atoms with Gasteiger partial charge in [0.25, 0.3) is 0 Å². The Morgan fingerprint density at radius 1 is 1.16 bits per heavy atom. The van der Waals surface area contributed by atoms with Crippen LogP contribution in [0.25, 0.3) is 6.08 Å². The summed E-state index contributed by atoms with van der Waals surface area (Å²) in [4.78, 5) is 39.7. The largest absolute Gasteiger partial charge is 0.462 e. The van der Waals surface area contributed by atoms with E-state index in [0.717, 1.165) is 5.41 Å². The SMILES string of the molecule is CCOC(=O)c1c(C)[nH]c(C(=O)C(C)OC(=O)CNS(=O)(=O)/C=C/c2ccccc2)c1C. The Bertz CT molecular complexity index is 1120. The first kappa shape index (κ1) is 25.0. The first-order chi connectivity index (χ1) is 15.1. The Hall–Kier alpha value is -3.24.